The number of aromatic nitrogens is 1. The Bertz CT molecular complexity index is 785. The van der Waals surface area contributed by atoms with E-state index in [2.05, 4.69) is 40.6 Å². The van der Waals surface area contributed by atoms with Gasteiger partial charge in [0.2, 0.25) is 0 Å². The SMILES string of the molecule is Nc1cnc2ccccc2c1NC1Cc2ccccc2C1. The van der Waals surface area contributed by atoms with Crippen molar-refractivity contribution in [3.8, 4) is 0 Å². The Balaban J connectivity index is 1.68. The zero-order valence-corrected chi connectivity index (χ0v) is 11.7. The number of anilines is 2. The Labute approximate surface area is 123 Å². The number of rotatable bonds is 2. The van der Waals surface area contributed by atoms with Crippen LogP contribution in [0.5, 0.6) is 0 Å². The zero-order valence-electron chi connectivity index (χ0n) is 11.7. The Hall–Kier alpha value is -2.55. The van der Waals surface area contributed by atoms with Crippen LogP contribution in [0.4, 0.5) is 11.4 Å². The monoisotopic (exact) mass is 275 g/mol. The lowest BCUT2D eigenvalue weighted by Gasteiger charge is -2.17. The van der Waals surface area contributed by atoms with Gasteiger partial charge in [-0.25, -0.2) is 0 Å². The lowest BCUT2D eigenvalue weighted by Crippen LogP contribution is -2.20. The molecule has 0 atom stereocenters. The molecule has 0 bridgehead atoms. The van der Waals surface area contributed by atoms with Crippen molar-refractivity contribution < 1.29 is 0 Å². The van der Waals surface area contributed by atoms with E-state index >= 15 is 0 Å². The average molecular weight is 275 g/mol. The number of nitrogens with one attached hydrogen (secondary N) is 1. The van der Waals surface area contributed by atoms with Gasteiger partial charge in [0, 0.05) is 11.4 Å². The van der Waals surface area contributed by atoms with Crippen LogP contribution in [0.2, 0.25) is 0 Å². The summed E-state index contributed by atoms with van der Waals surface area (Å²) in [7, 11) is 0. The number of para-hydroxylation sites is 1. The predicted octanol–water partition coefficient (Wildman–Crippen LogP) is 3.40. The number of nitrogens with zero attached hydrogens (tertiary/aromatic N) is 1. The number of hydrogen-bond acceptors (Lipinski definition) is 3. The van der Waals surface area contributed by atoms with E-state index < -0.39 is 0 Å². The topological polar surface area (TPSA) is 50.9 Å². The van der Waals surface area contributed by atoms with Gasteiger partial charge in [-0.3, -0.25) is 4.98 Å². The molecule has 3 N–H and O–H groups in total. The molecule has 104 valence electrons. The lowest BCUT2D eigenvalue weighted by atomic mass is 10.1. The maximum absolute atomic E-state index is 6.14. The molecule has 3 nitrogen and oxygen atoms in total. The van der Waals surface area contributed by atoms with E-state index in [1.54, 1.807) is 6.20 Å². The van der Waals surface area contributed by atoms with Gasteiger partial charge in [0.05, 0.1) is 23.1 Å². The van der Waals surface area contributed by atoms with Gasteiger partial charge < -0.3 is 11.1 Å². The first-order valence-corrected chi connectivity index (χ1v) is 7.28. The highest BCUT2D eigenvalue weighted by molar-refractivity contribution is 5.97. The summed E-state index contributed by atoms with van der Waals surface area (Å²) in [6.07, 6.45) is 3.84. The molecule has 3 aromatic rings. The fraction of sp³-hybridized carbons (Fsp3) is 0.167. The normalized spacial score (nSPS) is 14.3. The highest BCUT2D eigenvalue weighted by Crippen LogP contribution is 2.31. The van der Waals surface area contributed by atoms with Crippen LogP contribution in [0.1, 0.15) is 11.1 Å². The molecule has 1 aliphatic rings. The van der Waals surface area contributed by atoms with Crippen molar-refractivity contribution in [1.82, 2.24) is 4.98 Å². The average Bonchev–Trinajstić information content (AvgIpc) is 2.92. The molecule has 0 aliphatic heterocycles. The van der Waals surface area contributed by atoms with E-state index in [0.29, 0.717) is 11.7 Å². The Kier molecular flexibility index (Phi) is 2.78. The molecule has 1 heterocycles. The van der Waals surface area contributed by atoms with Gasteiger partial charge in [0.1, 0.15) is 0 Å². The van der Waals surface area contributed by atoms with Gasteiger partial charge in [0.25, 0.3) is 0 Å². The molecule has 3 heteroatoms. The van der Waals surface area contributed by atoms with Crippen molar-refractivity contribution in [3.05, 3.63) is 65.9 Å². The maximum atomic E-state index is 6.14. The van der Waals surface area contributed by atoms with Gasteiger partial charge >= 0.3 is 0 Å². The molecule has 4 rings (SSSR count). The molecule has 1 aliphatic carbocycles. The van der Waals surface area contributed by atoms with Crippen molar-refractivity contribution in [2.24, 2.45) is 0 Å². The second-order valence-electron chi connectivity index (χ2n) is 5.62. The van der Waals surface area contributed by atoms with Crippen LogP contribution < -0.4 is 11.1 Å². The minimum atomic E-state index is 0.399. The summed E-state index contributed by atoms with van der Waals surface area (Å²) in [4.78, 5) is 4.39. The third kappa shape index (κ3) is 2.11. The van der Waals surface area contributed by atoms with E-state index in [-0.39, 0.29) is 0 Å². The number of hydrogen-bond donors (Lipinski definition) is 2. The summed E-state index contributed by atoms with van der Waals surface area (Å²) < 4.78 is 0. The number of pyridine rings is 1. The van der Waals surface area contributed by atoms with Gasteiger partial charge in [-0.1, -0.05) is 42.5 Å². The Morgan fingerprint density at radius 2 is 1.62 bits per heavy atom. The van der Waals surface area contributed by atoms with E-state index in [1.165, 1.54) is 11.1 Å². The summed E-state index contributed by atoms with van der Waals surface area (Å²) >= 11 is 0. The van der Waals surface area contributed by atoms with Crippen molar-refractivity contribution in [2.75, 3.05) is 11.1 Å². The van der Waals surface area contributed by atoms with E-state index in [9.17, 15) is 0 Å². The van der Waals surface area contributed by atoms with E-state index in [1.807, 2.05) is 18.2 Å². The Morgan fingerprint density at radius 1 is 0.952 bits per heavy atom. The molecular formula is C18H17N3. The Morgan fingerprint density at radius 3 is 2.38 bits per heavy atom. The van der Waals surface area contributed by atoms with Crippen LogP contribution in [-0.4, -0.2) is 11.0 Å². The second kappa shape index (κ2) is 4.77. The molecular weight excluding hydrogens is 258 g/mol. The molecule has 0 unspecified atom stereocenters. The fourth-order valence-corrected chi connectivity index (χ4v) is 3.18. The lowest BCUT2D eigenvalue weighted by molar-refractivity contribution is 0.776. The van der Waals surface area contributed by atoms with Gasteiger partial charge in [0.15, 0.2) is 0 Å². The van der Waals surface area contributed by atoms with Gasteiger partial charge in [-0.05, 0) is 30.0 Å². The summed E-state index contributed by atoms with van der Waals surface area (Å²) in [6.45, 7) is 0. The first-order chi connectivity index (χ1) is 10.3. The molecule has 0 radical (unpaired) electrons. The second-order valence-corrected chi connectivity index (χ2v) is 5.62. The van der Waals surface area contributed by atoms with E-state index in [4.69, 9.17) is 5.73 Å². The smallest absolute Gasteiger partial charge is 0.0743 e. The number of fused-ring (bicyclic) bond motifs is 2. The molecule has 0 saturated carbocycles. The van der Waals surface area contributed by atoms with Crippen LogP contribution >= 0.6 is 0 Å². The third-order valence-corrected chi connectivity index (χ3v) is 4.20. The van der Waals surface area contributed by atoms with Gasteiger partial charge in [-0.15, -0.1) is 0 Å². The van der Waals surface area contributed by atoms with Gasteiger partial charge in [-0.2, -0.15) is 0 Å². The van der Waals surface area contributed by atoms with Crippen LogP contribution in [0.15, 0.2) is 54.7 Å². The van der Waals surface area contributed by atoms with Crippen molar-refractivity contribution in [1.29, 1.82) is 0 Å². The maximum Gasteiger partial charge on any atom is 0.0743 e. The zero-order chi connectivity index (χ0) is 14.2. The largest absolute Gasteiger partial charge is 0.396 e. The highest BCUT2D eigenvalue weighted by atomic mass is 15.0. The molecule has 0 fully saturated rings. The fourth-order valence-electron chi connectivity index (χ4n) is 3.18. The first kappa shape index (κ1) is 12.2. The van der Waals surface area contributed by atoms with Crippen molar-refractivity contribution in [2.45, 2.75) is 18.9 Å². The van der Waals surface area contributed by atoms with Crippen LogP contribution in [0, 0.1) is 0 Å². The van der Waals surface area contributed by atoms with Crippen molar-refractivity contribution >= 4 is 22.3 Å². The molecule has 0 amide bonds. The molecule has 0 spiro atoms. The van der Waals surface area contributed by atoms with Crippen LogP contribution in [0.25, 0.3) is 10.9 Å². The number of nitrogens with two attached hydrogens (primary N) is 1. The van der Waals surface area contributed by atoms with E-state index in [0.717, 1.165) is 29.4 Å². The number of nitrogen functional groups attached to an aromatic ring is 1. The summed E-state index contributed by atoms with van der Waals surface area (Å²) in [5, 5.41) is 4.73. The van der Waals surface area contributed by atoms with Crippen LogP contribution in [-0.2, 0) is 12.8 Å². The minimum Gasteiger partial charge on any atom is -0.396 e. The quantitative estimate of drug-likeness (QED) is 0.753. The molecule has 2 aromatic carbocycles. The predicted molar refractivity (Wildman–Crippen MR) is 87.4 cm³/mol. The number of benzene rings is 2. The molecule has 21 heavy (non-hydrogen) atoms. The third-order valence-electron chi connectivity index (χ3n) is 4.20. The molecule has 0 saturated heterocycles. The summed E-state index contributed by atoms with van der Waals surface area (Å²) in [5.41, 5.74) is 11.7. The van der Waals surface area contributed by atoms with Crippen LogP contribution in [0.3, 0.4) is 0 Å². The standard InChI is InChI=1S/C18H17N3/c19-16-11-20-17-8-4-3-7-15(17)18(16)21-14-9-12-5-1-2-6-13(12)10-14/h1-8,11,14H,9-10,19H2,(H,20,21). The molecule has 1 aromatic heterocycles. The minimum absolute atomic E-state index is 0.399. The summed E-state index contributed by atoms with van der Waals surface area (Å²) in [5.74, 6) is 0. The van der Waals surface area contributed by atoms with Crippen molar-refractivity contribution in [3.63, 3.8) is 0 Å². The summed E-state index contributed by atoms with van der Waals surface area (Å²) in [6, 6.07) is 17.2. The first-order valence-electron chi connectivity index (χ1n) is 7.28. The highest BCUT2D eigenvalue weighted by Gasteiger charge is 2.22.